The molecule has 0 radical (unpaired) electrons. The van der Waals surface area contributed by atoms with Crippen molar-refractivity contribution in [3.05, 3.63) is 36.5 Å². The van der Waals surface area contributed by atoms with Crippen LogP contribution in [0.5, 0.6) is 0 Å². The number of rotatable bonds is 38. The van der Waals surface area contributed by atoms with Crippen LogP contribution in [0.15, 0.2) is 36.5 Å². The third kappa shape index (κ3) is 33.8. The number of hydrogen-bond donors (Lipinski definition) is 4. The van der Waals surface area contributed by atoms with Crippen molar-refractivity contribution in [3.63, 3.8) is 0 Å². The number of phosphoric acid groups is 2. The molecule has 0 bridgehead atoms. The Labute approximate surface area is 342 Å². The topological polar surface area (TPSA) is 208 Å². The number of aliphatic hydroxyl groups is 1. The van der Waals surface area contributed by atoms with Crippen molar-refractivity contribution in [2.45, 2.75) is 180 Å². The minimum atomic E-state index is -4.87. The maximum atomic E-state index is 12.6. The molecule has 6 atom stereocenters. The number of allylic oxidation sites excluding steroid dienone is 4. The third-order valence-corrected chi connectivity index (χ3v) is 10.9. The van der Waals surface area contributed by atoms with Crippen molar-refractivity contribution in [2.24, 2.45) is 5.92 Å². The van der Waals surface area contributed by atoms with E-state index < -0.39 is 66.2 Å². The molecule has 0 saturated carbocycles. The summed E-state index contributed by atoms with van der Waals surface area (Å²) in [6.07, 6.45) is 30.4. The van der Waals surface area contributed by atoms with Crippen molar-refractivity contribution in [1.29, 1.82) is 0 Å². The lowest BCUT2D eigenvalue weighted by atomic mass is 9.99. The molecular weight excluding hydrogens is 778 g/mol. The molecule has 4 N–H and O–H groups in total. The quantitative estimate of drug-likeness (QED) is 0.0150. The molecule has 0 amide bonds. The van der Waals surface area contributed by atoms with Crippen LogP contribution in [-0.2, 0) is 46.5 Å². The van der Waals surface area contributed by atoms with Crippen LogP contribution in [0.2, 0.25) is 0 Å². The molecule has 1 aliphatic rings. The van der Waals surface area contributed by atoms with Gasteiger partial charge >= 0.3 is 27.6 Å². The SMILES string of the molecule is CCCCC/C=C\C/C=C\CC1OC1C/C=C\CCCC(=O)OC[C@H](COP(=O)(O)OC[C@@H](O)COP(=O)(O)O)OC(=O)CCCCCCCCCCC(C)CC. The Kier molecular flexibility index (Phi) is 30.9. The van der Waals surface area contributed by atoms with E-state index in [0.29, 0.717) is 19.3 Å². The number of aliphatic hydroxyl groups excluding tert-OH is 1. The van der Waals surface area contributed by atoms with E-state index in [1.165, 1.54) is 51.4 Å². The van der Waals surface area contributed by atoms with E-state index in [1.54, 1.807) is 0 Å². The molecule has 0 aliphatic carbocycles. The highest BCUT2D eigenvalue weighted by molar-refractivity contribution is 7.47. The first-order valence-corrected chi connectivity index (χ1v) is 24.2. The minimum absolute atomic E-state index is 0.111. The maximum absolute atomic E-state index is 12.6. The number of phosphoric ester groups is 2. The lowest BCUT2D eigenvalue weighted by molar-refractivity contribution is -0.161. The van der Waals surface area contributed by atoms with Crippen molar-refractivity contribution < 1.29 is 66.3 Å². The maximum Gasteiger partial charge on any atom is 0.472 e. The summed E-state index contributed by atoms with van der Waals surface area (Å²) in [6, 6.07) is 0. The van der Waals surface area contributed by atoms with Gasteiger partial charge in [-0.3, -0.25) is 23.2 Å². The molecule has 0 spiro atoms. The molecule has 57 heavy (non-hydrogen) atoms. The summed E-state index contributed by atoms with van der Waals surface area (Å²) in [6.45, 7) is 3.94. The van der Waals surface area contributed by atoms with Crippen LogP contribution in [0.3, 0.4) is 0 Å². The second kappa shape index (κ2) is 33.1. The fraction of sp³-hybridized carbons (Fsp3) is 0.805. The van der Waals surface area contributed by atoms with Gasteiger partial charge in [0.1, 0.15) is 12.7 Å². The molecule has 1 heterocycles. The normalized spacial score (nSPS) is 18.6. The number of ether oxygens (including phenoxy) is 3. The molecule has 0 aromatic carbocycles. The van der Waals surface area contributed by atoms with Gasteiger partial charge in [0.2, 0.25) is 0 Å². The van der Waals surface area contributed by atoms with Gasteiger partial charge in [-0.2, -0.15) is 0 Å². The predicted octanol–water partition coefficient (Wildman–Crippen LogP) is 9.35. The van der Waals surface area contributed by atoms with Crippen molar-refractivity contribution in [2.75, 3.05) is 26.4 Å². The highest BCUT2D eigenvalue weighted by atomic mass is 31.2. The Balaban J connectivity index is 2.42. The molecule has 1 fully saturated rings. The smallest absolute Gasteiger partial charge is 0.462 e. The Bertz CT molecular complexity index is 1240. The molecule has 0 aromatic heterocycles. The van der Waals surface area contributed by atoms with Gasteiger partial charge in [-0.1, -0.05) is 128 Å². The van der Waals surface area contributed by atoms with Gasteiger partial charge < -0.3 is 34.0 Å². The van der Waals surface area contributed by atoms with Crippen LogP contribution in [0.4, 0.5) is 0 Å². The highest BCUT2D eigenvalue weighted by Crippen LogP contribution is 2.44. The Morgan fingerprint density at radius 3 is 1.89 bits per heavy atom. The second-order valence-corrected chi connectivity index (χ2v) is 17.6. The monoisotopic (exact) mass is 852 g/mol. The number of carbonyl (C=O) groups excluding carboxylic acids is 2. The molecule has 14 nitrogen and oxygen atoms in total. The van der Waals surface area contributed by atoms with Crippen LogP contribution in [0, 0.1) is 5.92 Å². The van der Waals surface area contributed by atoms with Gasteiger partial charge in [-0.25, -0.2) is 9.13 Å². The van der Waals surface area contributed by atoms with Crippen LogP contribution in [-0.4, -0.2) is 82.6 Å². The van der Waals surface area contributed by atoms with Crippen LogP contribution in [0.25, 0.3) is 0 Å². The van der Waals surface area contributed by atoms with Crippen molar-refractivity contribution in [1.82, 2.24) is 0 Å². The van der Waals surface area contributed by atoms with Crippen LogP contribution >= 0.6 is 15.6 Å². The summed E-state index contributed by atoms with van der Waals surface area (Å²) in [5, 5.41) is 9.74. The first-order valence-electron chi connectivity index (χ1n) is 21.2. The molecule has 1 saturated heterocycles. The molecule has 1 aliphatic heterocycles. The summed E-state index contributed by atoms with van der Waals surface area (Å²) < 4.78 is 53.4. The predicted molar refractivity (Wildman–Crippen MR) is 220 cm³/mol. The van der Waals surface area contributed by atoms with E-state index in [0.717, 1.165) is 57.3 Å². The zero-order valence-corrected chi connectivity index (χ0v) is 36.6. The standard InChI is InChI=1S/C41H74O14P2/c1-4-6-7-8-9-10-14-17-22-27-38-39(55-38)28-23-19-20-24-29-40(43)50-33-37(34-53-57(48,49)52-32-36(42)31-51-56(45,46)47)54-41(44)30-25-18-15-12-11-13-16-21-26-35(3)5-2/h9-10,17,19,22-23,35-39,42H,4-8,11-16,18,20-21,24-34H2,1-3H3,(H,48,49)(H2,45,46,47)/b10-9-,22-17-,23-19-/t35?,36-,37+,38?,39?/m0/s1. The van der Waals surface area contributed by atoms with E-state index in [1.807, 2.05) is 6.08 Å². The number of unbranched alkanes of at least 4 members (excludes halogenated alkanes) is 11. The van der Waals surface area contributed by atoms with Gasteiger partial charge in [-0.15, -0.1) is 0 Å². The van der Waals surface area contributed by atoms with E-state index in [2.05, 4.69) is 60.2 Å². The van der Waals surface area contributed by atoms with E-state index in [4.69, 9.17) is 28.5 Å². The van der Waals surface area contributed by atoms with Crippen LogP contribution in [0.1, 0.15) is 156 Å². The second-order valence-electron chi connectivity index (χ2n) is 14.9. The summed E-state index contributed by atoms with van der Waals surface area (Å²) >= 11 is 0. The molecule has 4 unspecified atom stereocenters. The summed E-state index contributed by atoms with van der Waals surface area (Å²) in [4.78, 5) is 52.6. The van der Waals surface area contributed by atoms with Gasteiger partial charge in [0.15, 0.2) is 6.10 Å². The van der Waals surface area contributed by atoms with Gasteiger partial charge in [-0.05, 0) is 57.3 Å². The molecular formula is C41H74O14P2. The minimum Gasteiger partial charge on any atom is -0.462 e. The third-order valence-electron chi connectivity index (χ3n) is 9.46. The Morgan fingerprint density at radius 2 is 1.23 bits per heavy atom. The zero-order chi connectivity index (χ0) is 42.2. The fourth-order valence-electron chi connectivity index (χ4n) is 5.71. The number of epoxide rings is 1. The Morgan fingerprint density at radius 1 is 0.667 bits per heavy atom. The van der Waals surface area contributed by atoms with Gasteiger partial charge in [0.25, 0.3) is 0 Å². The molecule has 1 rings (SSSR count). The van der Waals surface area contributed by atoms with E-state index in [9.17, 15) is 28.7 Å². The average Bonchev–Trinajstić information content (AvgIpc) is 3.92. The molecule has 16 heteroatoms. The van der Waals surface area contributed by atoms with Crippen molar-refractivity contribution in [3.8, 4) is 0 Å². The molecule has 0 aromatic rings. The highest BCUT2D eigenvalue weighted by Gasteiger charge is 2.36. The fourth-order valence-corrected chi connectivity index (χ4v) is 6.87. The summed E-state index contributed by atoms with van der Waals surface area (Å²) in [7, 11) is -9.69. The lowest BCUT2D eigenvalue weighted by Crippen LogP contribution is -2.30. The van der Waals surface area contributed by atoms with Crippen molar-refractivity contribution >= 4 is 27.6 Å². The number of hydrogen-bond acceptors (Lipinski definition) is 11. The zero-order valence-electron chi connectivity index (χ0n) is 34.8. The summed E-state index contributed by atoms with van der Waals surface area (Å²) in [5.74, 6) is -0.324. The number of carbonyl (C=O) groups is 2. The lowest BCUT2D eigenvalue weighted by Gasteiger charge is -2.20. The average molecular weight is 853 g/mol. The largest absolute Gasteiger partial charge is 0.472 e. The molecule has 332 valence electrons. The van der Waals surface area contributed by atoms with E-state index >= 15 is 0 Å². The first-order chi connectivity index (χ1) is 27.2. The van der Waals surface area contributed by atoms with Crippen LogP contribution < -0.4 is 0 Å². The van der Waals surface area contributed by atoms with Gasteiger partial charge in [0.05, 0.1) is 32.0 Å². The van der Waals surface area contributed by atoms with Gasteiger partial charge in [0, 0.05) is 12.8 Å². The Hall–Kier alpha value is -1.70. The van der Waals surface area contributed by atoms with E-state index in [-0.39, 0.29) is 25.0 Å². The summed E-state index contributed by atoms with van der Waals surface area (Å²) in [5.41, 5.74) is 0. The first kappa shape index (κ1) is 53.3. The number of esters is 2.